The molecule has 2 N–H and O–H groups in total. The number of rotatable bonds is 2. The number of fused-ring (bicyclic) bond motifs is 1. The number of aliphatic hydroxyl groups is 1. The third-order valence-electron chi connectivity index (χ3n) is 3.46. The van der Waals surface area contributed by atoms with Crippen LogP contribution >= 0.6 is 11.8 Å². The van der Waals surface area contributed by atoms with Gasteiger partial charge in [0.1, 0.15) is 0 Å². The molecule has 0 aliphatic carbocycles. The summed E-state index contributed by atoms with van der Waals surface area (Å²) in [6.07, 6.45) is 0.845. The molecule has 0 radical (unpaired) electrons. The Kier molecular flexibility index (Phi) is 3.93. The molecule has 1 aliphatic heterocycles. The van der Waals surface area contributed by atoms with Crippen LogP contribution in [0.4, 0.5) is 5.69 Å². The topological polar surface area (TPSA) is 32.3 Å². The van der Waals surface area contributed by atoms with Gasteiger partial charge in [0.15, 0.2) is 0 Å². The number of para-hydroxylation sites is 1. The minimum atomic E-state index is 0.155. The molecule has 3 heteroatoms. The zero-order valence-electron chi connectivity index (χ0n) is 11.7. The molecule has 1 aromatic carbocycles. The van der Waals surface area contributed by atoms with Crippen LogP contribution in [0.2, 0.25) is 0 Å². The highest BCUT2D eigenvalue weighted by Crippen LogP contribution is 2.43. The Morgan fingerprint density at radius 1 is 1.33 bits per heavy atom. The van der Waals surface area contributed by atoms with Gasteiger partial charge in [-0.05, 0) is 30.4 Å². The van der Waals surface area contributed by atoms with Crippen LogP contribution in [0, 0.1) is 0 Å². The Bertz CT molecular complexity index is 425. The average molecular weight is 265 g/mol. The van der Waals surface area contributed by atoms with Gasteiger partial charge in [-0.15, -0.1) is 11.8 Å². The van der Waals surface area contributed by atoms with Crippen LogP contribution in [0.5, 0.6) is 0 Å². The molecule has 100 valence electrons. The van der Waals surface area contributed by atoms with Crippen molar-refractivity contribution in [2.45, 2.75) is 55.7 Å². The quantitative estimate of drug-likeness (QED) is 0.856. The van der Waals surface area contributed by atoms with Gasteiger partial charge < -0.3 is 10.4 Å². The van der Waals surface area contributed by atoms with Crippen LogP contribution in [0.1, 0.15) is 39.7 Å². The number of nitrogens with one attached hydrogen (secondary N) is 1. The van der Waals surface area contributed by atoms with E-state index in [9.17, 15) is 0 Å². The Morgan fingerprint density at radius 3 is 2.67 bits per heavy atom. The lowest BCUT2D eigenvalue weighted by molar-refractivity contribution is 0.284. The van der Waals surface area contributed by atoms with Gasteiger partial charge in [-0.25, -0.2) is 0 Å². The first-order valence-electron chi connectivity index (χ1n) is 6.61. The van der Waals surface area contributed by atoms with Crippen molar-refractivity contribution in [2.75, 3.05) is 11.9 Å². The first-order valence-corrected chi connectivity index (χ1v) is 7.49. The molecular formula is C15H23NOS. The van der Waals surface area contributed by atoms with Crippen molar-refractivity contribution in [1.82, 2.24) is 0 Å². The minimum absolute atomic E-state index is 0.155. The highest BCUT2D eigenvalue weighted by molar-refractivity contribution is 8.00. The molecule has 0 fully saturated rings. The van der Waals surface area contributed by atoms with Gasteiger partial charge in [-0.2, -0.15) is 0 Å². The Labute approximate surface area is 114 Å². The third-order valence-corrected chi connectivity index (χ3v) is 5.00. The lowest BCUT2D eigenvalue weighted by atomic mass is 9.85. The monoisotopic (exact) mass is 265 g/mol. The highest BCUT2D eigenvalue weighted by Gasteiger charge is 2.29. The largest absolute Gasteiger partial charge is 0.396 e. The lowest BCUT2D eigenvalue weighted by Gasteiger charge is -2.35. The summed E-state index contributed by atoms with van der Waals surface area (Å²) in [5.74, 6) is 0. The van der Waals surface area contributed by atoms with E-state index in [-0.39, 0.29) is 12.0 Å². The van der Waals surface area contributed by atoms with E-state index >= 15 is 0 Å². The van der Waals surface area contributed by atoms with Crippen molar-refractivity contribution in [3.05, 3.63) is 23.8 Å². The van der Waals surface area contributed by atoms with Gasteiger partial charge in [0, 0.05) is 22.8 Å². The van der Waals surface area contributed by atoms with Crippen molar-refractivity contribution < 1.29 is 5.11 Å². The molecule has 0 aromatic heterocycles. The molecular weight excluding hydrogens is 242 g/mol. The molecule has 2 rings (SSSR count). The fourth-order valence-electron chi connectivity index (χ4n) is 2.43. The van der Waals surface area contributed by atoms with E-state index < -0.39 is 0 Å². The van der Waals surface area contributed by atoms with Crippen LogP contribution in [-0.2, 0) is 5.41 Å². The van der Waals surface area contributed by atoms with Crippen LogP contribution in [0.25, 0.3) is 0 Å². The van der Waals surface area contributed by atoms with Gasteiger partial charge in [0.05, 0.1) is 5.69 Å². The first kappa shape index (κ1) is 13.8. The number of hydrogen-bond donors (Lipinski definition) is 2. The molecule has 0 saturated heterocycles. The number of benzene rings is 1. The van der Waals surface area contributed by atoms with Crippen LogP contribution < -0.4 is 5.32 Å². The smallest absolute Gasteiger partial charge is 0.0518 e. The highest BCUT2D eigenvalue weighted by atomic mass is 32.2. The van der Waals surface area contributed by atoms with Crippen molar-refractivity contribution in [3.8, 4) is 0 Å². The number of aliphatic hydroxyl groups excluding tert-OH is 1. The fraction of sp³-hybridized carbons (Fsp3) is 0.600. The summed E-state index contributed by atoms with van der Waals surface area (Å²) >= 11 is 1.90. The van der Waals surface area contributed by atoms with Crippen molar-refractivity contribution in [2.24, 2.45) is 0 Å². The normalized spacial score (nSPS) is 23.4. The molecule has 0 spiro atoms. The predicted molar refractivity (Wildman–Crippen MR) is 79.6 cm³/mol. The van der Waals surface area contributed by atoms with Gasteiger partial charge in [0.25, 0.3) is 0 Å². The fourth-order valence-corrected chi connectivity index (χ4v) is 3.69. The van der Waals surface area contributed by atoms with Crippen molar-refractivity contribution >= 4 is 17.4 Å². The van der Waals surface area contributed by atoms with E-state index in [1.807, 2.05) is 11.8 Å². The number of thioether (sulfide) groups is 1. The van der Waals surface area contributed by atoms with Crippen LogP contribution in [0.15, 0.2) is 23.1 Å². The van der Waals surface area contributed by atoms with E-state index in [1.165, 1.54) is 16.1 Å². The number of hydrogen-bond acceptors (Lipinski definition) is 3. The summed E-state index contributed by atoms with van der Waals surface area (Å²) < 4.78 is 0. The van der Waals surface area contributed by atoms with Crippen molar-refractivity contribution in [1.29, 1.82) is 0 Å². The second kappa shape index (κ2) is 5.14. The zero-order valence-corrected chi connectivity index (χ0v) is 12.5. The van der Waals surface area contributed by atoms with E-state index in [0.717, 1.165) is 6.42 Å². The standard InChI is InChI=1S/C15H23NOS/c1-10-12(8-9-17)18-13-7-5-6-11(14(13)16-10)15(2,3)4/h5-7,10,12,16-17H,8-9H2,1-4H3. The Hall–Kier alpha value is -0.670. The molecule has 1 aromatic rings. The Morgan fingerprint density at radius 2 is 2.06 bits per heavy atom. The molecule has 0 amide bonds. The molecule has 18 heavy (non-hydrogen) atoms. The van der Waals surface area contributed by atoms with E-state index in [4.69, 9.17) is 5.11 Å². The molecule has 2 atom stereocenters. The summed E-state index contributed by atoms with van der Waals surface area (Å²) in [7, 11) is 0. The van der Waals surface area contributed by atoms with Gasteiger partial charge in [0.2, 0.25) is 0 Å². The number of anilines is 1. The van der Waals surface area contributed by atoms with E-state index in [1.54, 1.807) is 0 Å². The zero-order chi connectivity index (χ0) is 13.3. The van der Waals surface area contributed by atoms with E-state index in [0.29, 0.717) is 11.3 Å². The summed E-state index contributed by atoms with van der Waals surface area (Å²) in [6, 6.07) is 6.93. The van der Waals surface area contributed by atoms with E-state index in [2.05, 4.69) is 51.2 Å². The van der Waals surface area contributed by atoms with Crippen LogP contribution in [-0.4, -0.2) is 23.0 Å². The maximum Gasteiger partial charge on any atom is 0.0518 e. The second-order valence-corrected chi connectivity index (χ2v) is 7.31. The molecule has 1 heterocycles. The third kappa shape index (κ3) is 2.67. The molecule has 0 bridgehead atoms. The summed E-state index contributed by atoms with van der Waals surface area (Å²) in [5, 5.41) is 13.2. The molecule has 0 saturated carbocycles. The predicted octanol–water partition coefficient (Wildman–Crippen LogP) is 3.64. The first-order chi connectivity index (χ1) is 8.43. The van der Waals surface area contributed by atoms with Crippen LogP contribution in [0.3, 0.4) is 0 Å². The van der Waals surface area contributed by atoms with Gasteiger partial charge in [-0.1, -0.05) is 32.9 Å². The minimum Gasteiger partial charge on any atom is -0.396 e. The summed E-state index contributed by atoms with van der Waals surface area (Å²) in [5.41, 5.74) is 2.82. The average Bonchev–Trinajstić information content (AvgIpc) is 2.28. The molecule has 1 aliphatic rings. The molecule has 2 nitrogen and oxygen atoms in total. The van der Waals surface area contributed by atoms with Gasteiger partial charge in [-0.3, -0.25) is 0 Å². The Balaban J connectivity index is 2.36. The summed E-state index contributed by atoms with van der Waals surface area (Å²) in [4.78, 5) is 1.32. The maximum absolute atomic E-state index is 9.13. The lowest BCUT2D eigenvalue weighted by Crippen LogP contribution is -2.34. The SMILES string of the molecule is CC1Nc2c(cccc2C(C)(C)C)SC1CCO. The van der Waals surface area contributed by atoms with Crippen molar-refractivity contribution in [3.63, 3.8) is 0 Å². The summed E-state index contributed by atoms with van der Waals surface area (Å²) in [6.45, 7) is 9.21. The maximum atomic E-state index is 9.13. The second-order valence-electron chi connectivity index (χ2n) is 6.03. The molecule has 2 unspecified atom stereocenters. The van der Waals surface area contributed by atoms with Gasteiger partial charge >= 0.3 is 0 Å².